The zero-order valence-corrected chi connectivity index (χ0v) is 31.4. The molecule has 0 N–H and O–H groups in total. The molecule has 9 aromatic carbocycles. The van der Waals surface area contributed by atoms with Crippen molar-refractivity contribution >= 4 is 90.9 Å². The fourth-order valence-corrected chi connectivity index (χ4v) is 10.4. The van der Waals surface area contributed by atoms with Gasteiger partial charge in [0.15, 0.2) is 0 Å². The SMILES string of the molecule is c1cc(-c2ccc3ccccc3c2)cc(N(c2cccc(-c3ccc4sc5ccccc5c4c3)c2)c2cccc(-c3cccc4sc5ccccc5c34)c2)c1. The van der Waals surface area contributed by atoms with Crippen LogP contribution in [0.15, 0.2) is 200 Å². The number of rotatable bonds is 6. The van der Waals surface area contributed by atoms with Crippen molar-refractivity contribution in [1.82, 2.24) is 0 Å². The van der Waals surface area contributed by atoms with Crippen molar-refractivity contribution in [3.8, 4) is 33.4 Å². The van der Waals surface area contributed by atoms with Crippen molar-refractivity contribution in [3.05, 3.63) is 200 Å². The summed E-state index contributed by atoms with van der Waals surface area (Å²) in [5, 5.41) is 7.76. The molecule has 0 radical (unpaired) electrons. The second kappa shape index (κ2) is 13.1. The highest BCUT2D eigenvalue weighted by Crippen LogP contribution is 2.44. The largest absolute Gasteiger partial charge is 0.310 e. The summed E-state index contributed by atoms with van der Waals surface area (Å²) in [4.78, 5) is 2.42. The quantitative estimate of drug-likeness (QED) is 0.164. The van der Waals surface area contributed by atoms with E-state index in [1.807, 2.05) is 22.7 Å². The van der Waals surface area contributed by atoms with Gasteiger partial charge >= 0.3 is 0 Å². The lowest BCUT2D eigenvalue weighted by molar-refractivity contribution is 1.28. The standard InChI is InChI=1S/C52H33NS2/c1-2-12-35-29-38(26-25-34(35)11-1)36-13-7-16-41(30-36)53(42-17-8-14-37(31-42)39-27-28-50-47(33-39)45-19-3-5-22-48(45)54-50)43-18-9-15-40(32-43)44-21-10-24-51-52(44)46-20-4-6-23-49(46)55-51/h1-33H. The molecule has 0 unspecified atom stereocenters. The Kier molecular flexibility index (Phi) is 7.61. The molecule has 258 valence electrons. The van der Waals surface area contributed by atoms with E-state index in [2.05, 4.69) is 205 Å². The van der Waals surface area contributed by atoms with Crippen LogP contribution in [0.4, 0.5) is 17.1 Å². The summed E-state index contributed by atoms with van der Waals surface area (Å²) in [7, 11) is 0. The van der Waals surface area contributed by atoms with Gasteiger partial charge in [-0.3, -0.25) is 0 Å². The van der Waals surface area contributed by atoms with Crippen molar-refractivity contribution in [3.63, 3.8) is 0 Å². The number of nitrogens with zero attached hydrogens (tertiary/aromatic N) is 1. The average molecular weight is 736 g/mol. The zero-order valence-electron chi connectivity index (χ0n) is 29.8. The van der Waals surface area contributed by atoms with Crippen LogP contribution in [-0.2, 0) is 0 Å². The monoisotopic (exact) mass is 735 g/mol. The molecular weight excluding hydrogens is 703 g/mol. The number of fused-ring (bicyclic) bond motifs is 7. The van der Waals surface area contributed by atoms with Crippen LogP contribution in [0.25, 0.3) is 84.5 Å². The molecule has 3 heteroatoms. The van der Waals surface area contributed by atoms with E-state index < -0.39 is 0 Å². The molecule has 11 aromatic rings. The minimum atomic E-state index is 1.11. The summed E-state index contributed by atoms with van der Waals surface area (Å²) >= 11 is 3.73. The summed E-state index contributed by atoms with van der Waals surface area (Å²) in [6.45, 7) is 0. The Morgan fingerprint density at radius 2 is 0.800 bits per heavy atom. The highest BCUT2D eigenvalue weighted by atomic mass is 32.1. The van der Waals surface area contributed by atoms with E-state index in [0.717, 1.165) is 17.1 Å². The summed E-state index contributed by atoms with van der Waals surface area (Å²) in [6.07, 6.45) is 0. The van der Waals surface area contributed by atoms with Gasteiger partial charge in [-0.2, -0.15) is 0 Å². The second-order valence-corrected chi connectivity index (χ2v) is 16.3. The molecule has 0 saturated carbocycles. The molecule has 11 rings (SSSR count). The summed E-state index contributed by atoms with van der Waals surface area (Å²) in [5.74, 6) is 0. The van der Waals surface area contributed by atoms with E-state index in [1.165, 1.54) is 84.5 Å². The van der Waals surface area contributed by atoms with E-state index >= 15 is 0 Å². The molecule has 1 nitrogen and oxygen atoms in total. The Labute approximate surface area is 327 Å². The summed E-state index contributed by atoms with van der Waals surface area (Å²) in [6, 6.07) is 73.6. The minimum Gasteiger partial charge on any atom is -0.310 e. The van der Waals surface area contributed by atoms with Crippen LogP contribution in [0.5, 0.6) is 0 Å². The molecule has 0 aliphatic rings. The predicted octanol–water partition coefficient (Wildman–Crippen LogP) is 16.0. The van der Waals surface area contributed by atoms with Gasteiger partial charge in [0.1, 0.15) is 0 Å². The van der Waals surface area contributed by atoms with Gasteiger partial charge < -0.3 is 4.90 Å². The van der Waals surface area contributed by atoms with E-state index in [4.69, 9.17) is 0 Å². The lowest BCUT2D eigenvalue weighted by atomic mass is 9.98. The second-order valence-electron chi connectivity index (χ2n) is 14.1. The maximum Gasteiger partial charge on any atom is 0.0467 e. The van der Waals surface area contributed by atoms with Crippen LogP contribution in [0.1, 0.15) is 0 Å². The fourth-order valence-electron chi connectivity index (χ4n) is 8.20. The Morgan fingerprint density at radius 1 is 0.291 bits per heavy atom. The van der Waals surface area contributed by atoms with Crippen LogP contribution < -0.4 is 4.90 Å². The lowest BCUT2D eigenvalue weighted by Gasteiger charge is -2.27. The molecule has 2 heterocycles. The maximum atomic E-state index is 2.42. The van der Waals surface area contributed by atoms with Gasteiger partial charge in [0.2, 0.25) is 0 Å². The Balaban J connectivity index is 1.08. The van der Waals surface area contributed by atoms with Crippen LogP contribution in [0, 0.1) is 0 Å². The van der Waals surface area contributed by atoms with Crippen LogP contribution in [0.2, 0.25) is 0 Å². The van der Waals surface area contributed by atoms with Crippen LogP contribution in [0.3, 0.4) is 0 Å². The van der Waals surface area contributed by atoms with E-state index in [9.17, 15) is 0 Å². The normalized spacial score (nSPS) is 11.6. The molecule has 0 bridgehead atoms. The maximum absolute atomic E-state index is 2.42. The molecule has 0 aliphatic carbocycles. The zero-order chi connectivity index (χ0) is 36.3. The van der Waals surface area contributed by atoms with Gasteiger partial charge in [-0.05, 0) is 117 Å². The first-order chi connectivity index (χ1) is 27.2. The predicted molar refractivity (Wildman–Crippen MR) is 241 cm³/mol. The van der Waals surface area contributed by atoms with Crippen molar-refractivity contribution in [1.29, 1.82) is 0 Å². The van der Waals surface area contributed by atoms with Crippen molar-refractivity contribution in [2.24, 2.45) is 0 Å². The van der Waals surface area contributed by atoms with Gasteiger partial charge in [0.25, 0.3) is 0 Å². The molecular formula is C52H33NS2. The molecule has 0 atom stereocenters. The molecule has 0 aliphatic heterocycles. The minimum absolute atomic E-state index is 1.11. The highest BCUT2D eigenvalue weighted by Gasteiger charge is 2.18. The Morgan fingerprint density at radius 3 is 1.56 bits per heavy atom. The average Bonchev–Trinajstić information content (AvgIpc) is 3.82. The molecule has 0 amide bonds. The molecule has 0 saturated heterocycles. The van der Waals surface area contributed by atoms with Gasteiger partial charge in [-0.1, -0.05) is 127 Å². The first kappa shape index (κ1) is 32.0. The lowest BCUT2D eigenvalue weighted by Crippen LogP contribution is -2.10. The van der Waals surface area contributed by atoms with Gasteiger partial charge in [-0.15, -0.1) is 22.7 Å². The first-order valence-corrected chi connectivity index (χ1v) is 20.3. The number of benzene rings is 9. The Bertz CT molecular complexity index is 3240. The number of hydrogen-bond acceptors (Lipinski definition) is 3. The van der Waals surface area contributed by atoms with Crippen molar-refractivity contribution < 1.29 is 0 Å². The third-order valence-corrected chi connectivity index (χ3v) is 13.1. The molecule has 55 heavy (non-hydrogen) atoms. The van der Waals surface area contributed by atoms with Crippen LogP contribution >= 0.6 is 22.7 Å². The van der Waals surface area contributed by atoms with E-state index in [0.29, 0.717) is 0 Å². The van der Waals surface area contributed by atoms with Crippen molar-refractivity contribution in [2.45, 2.75) is 0 Å². The highest BCUT2D eigenvalue weighted by molar-refractivity contribution is 7.26. The molecule has 0 fully saturated rings. The van der Waals surface area contributed by atoms with Gasteiger partial charge in [0, 0.05) is 57.4 Å². The fraction of sp³-hybridized carbons (Fsp3) is 0. The third kappa shape index (κ3) is 5.60. The number of hydrogen-bond donors (Lipinski definition) is 0. The van der Waals surface area contributed by atoms with Crippen LogP contribution in [-0.4, -0.2) is 0 Å². The third-order valence-electron chi connectivity index (χ3n) is 10.8. The van der Waals surface area contributed by atoms with Gasteiger partial charge in [-0.25, -0.2) is 0 Å². The van der Waals surface area contributed by atoms with E-state index in [-0.39, 0.29) is 0 Å². The number of thiophene rings is 2. The first-order valence-electron chi connectivity index (χ1n) is 18.7. The molecule has 0 spiro atoms. The topological polar surface area (TPSA) is 3.24 Å². The van der Waals surface area contributed by atoms with Gasteiger partial charge in [0.05, 0.1) is 0 Å². The van der Waals surface area contributed by atoms with Crippen molar-refractivity contribution in [2.75, 3.05) is 4.90 Å². The Hall–Kier alpha value is -6.52. The smallest absolute Gasteiger partial charge is 0.0467 e. The number of anilines is 3. The summed E-state index contributed by atoms with van der Waals surface area (Å²) < 4.78 is 5.27. The van der Waals surface area contributed by atoms with E-state index in [1.54, 1.807) is 0 Å². The summed E-state index contributed by atoms with van der Waals surface area (Å²) in [5.41, 5.74) is 10.6. The molecule has 2 aromatic heterocycles.